The van der Waals surface area contributed by atoms with Crippen LogP contribution in [0.1, 0.15) is 24.4 Å². The highest BCUT2D eigenvalue weighted by Crippen LogP contribution is 2.28. The predicted octanol–water partition coefficient (Wildman–Crippen LogP) is 0.111. The maximum Gasteiger partial charge on any atom is 0.163 e. The molecular formula is C9H13N5O2. The van der Waals surface area contributed by atoms with Gasteiger partial charge in [0.25, 0.3) is 0 Å². The second-order valence-corrected chi connectivity index (χ2v) is 3.21. The molecule has 2 aromatic rings. The molecule has 0 spiro atoms. The van der Waals surface area contributed by atoms with Gasteiger partial charge >= 0.3 is 0 Å². The molecule has 0 aromatic carbocycles. The van der Waals surface area contributed by atoms with Gasteiger partial charge in [0, 0.05) is 6.54 Å². The Bertz CT molecular complexity index is 429. The normalized spacial score (nSPS) is 12.7. The number of aromatic nitrogens is 5. The Hall–Kier alpha value is -1.89. The second kappa shape index (κ2) is 4.31. The van der Waals surface area contributed by atoms with Crippen LogP contribution in [0, 0.1) is 0 Å². The van der Waals surface area contributed by atoms with E-state index in [1.54, 1.807) is 10.9 Å². The smallest absolute Gasteiger partial charge is 0.163 e. The van der Waals surface area contributed by atoms with Gasteiger partial charge in [-0.15, -0.1) is 0 Å². The van der Waals surface area contributed by atoms with Crippen molar-refractivity contribution in [3.05, 3.63) is 23.8 Å². The number of aliphatic hydroxyl groups excluding tert-OH is 1. The zero-order valence-corrected chi connectivity index (χ0v) is 9.08. The number of ether oxygens (including phenoxy) is 1. The van der Waals surface area contributed by atoms with E-state index in [1.807, 2.05) is 6.92 Å². The fourth-order valence-corrected chi connectivity index (χ4v) is 1.55. The molecule has 2 rings (SSSR count). The maximum absolute atomic E-state index is 10.1. The van der Waals surface area contributed by atoms with E-state index in [1.165, 1.54) is 13.3 Å². The summed E-state index contributed by atoms with van der Waals surface area (Å²) in [5.41, 5.74) is 1.02. The van der Waals surface area contributed by atoms with Crippen LogP contribution in [0.5, 0.6) is 5.75 Å². The third-order valence-electron chi connectivity index (χ3n) is 2.34. The van der Waals surface area contributed by atoms with Gasteiger partial charge in [0.15, 0.2) is 5.75 Å². The molecule has 1 atom stereocenters. The number of aromatic amines is 1. The van der Waals surface area contributed by atoms with Crippen molar-refractivity contribution in [2.24, 2.45) is 0 Å². The van der Waals surface area contributed by atoms with Crippen LogP contribution in [-0.2, 0) is 6.54 Å². The van der Waals surface area contributed by atoms with Crippen molar-refractivity contribution in [3.8, 4) is 5.75 Å². The van der Waals surface area contributed by atoms with E-state index < -0.39 is 6.10 Å². The molecule has 7 nitrogen and oxygen atoms in total. The Morgan fingerprint density at radius 1 is 1.56 bits per heavy atom. The minimum atomic E-state index is -0.892. The van der Waals surface area contributed by atoms with Crippen molar-refractivity contribution in [1.82, 2.24) is 25.2 Å². The molecule has 0 aliphatic carbocycles. The summed E-state index contributed by atoms with van der Waals surface area (Å²) in [6.45, 7) is 2.58. The number of hydrogen-bond donors (Lipinski definition) is 2. The van der Waals surface area contributed by atoms with Crippen molar-refractivity contribution in [2.45, 2.75) is 19.6 Å². The molecule has 0 fully saturated rings. The van der Waals surface area contributed by atoms with Crippen LogP contribution in [0.2, 0.25) is 0 Å². The van der Waals surface area contributed by atoms with Crippen molar-refractivity contribution in [3.63, 3.8) is 0 Å². The van der Waals surface area contributed by atoms with Crippen LogP contribution >= 0.6 is 0 Å². The molecule has 0 aliphatic rings. The Morgan fingerprint density at radius 2 is 2.38 bits per heavy atom. The summed E-state index contributed by atoms with van der Waals surface area (Å²) in [6.07, 6.45) is 2.15. The number of nitrogens with zero attached hydrogens (tertiary/aromatic N) is 4. The van der Waals surface area contributed by atoms with Gasteiger partial charge in [-0.05, 0) is 6.92 Å². The molecule has 0 saturated heterocycles. The molecule has 2 aromatic heterocycles. The minimum Gasteiger partial charge on any atom is -0.493 e. The highest BCUT2D eigenvalue weighted by Gasteiger charge is 2.22. The van der Waals surface area contributed by atoms with E-state index in [4.69, 9.17) is 4.74 Å². The zero-order chi connectivity index (χ0) is 11.5. The van der Waals surface area contributed by atoms with Crippen molar-refractivity contribution in [2.75, 3.05) is 7.11 Å². The summed E-state index contributed by atoms with van der Waals surface area (Å²) in [7, 11) is 1.54. The Morgan fingerprint density at radius 3 is 2.94 bits per heavy atom. The van der Waals surface area contributed by atoms with Crippen LogP contribution in [-0.4, -0.2) is 37.4 Å². The average molecular weight is 223 g/mol. The van der Waals surface area contributed by atoms with Gasteiger partial charge < -0.3 is 9.84 Å². The standard InChI is InChI=1S/C9H13N5O2/c1-3-14-8(7(16-2)5-11-14)9(15)6-4-10-13-12-6/h4-5,9,15H,3H2,1-2H3,(H,10,12,13). The lowest BCUT2D eigenvalue weighted by Gasteiger charge is -2.11. The van der Waals surface area contributed by atoms with Gasteiger partial charge in [-0.1, -0.05) is 0 Å². The van der Waals surface area contributed by atoms with Crippen molar-refractivity contribution in [1.29, 1.82) is 0 Å². The van der Waals surface area contributed by atoms with E-state index in [0.717, 1.165) is 0 Å². The van der Waals surface area contributed by atoms with Crippen LogP contribution < -0.4 is 4.74 Å². The molecule has 1 unspecified atom stereocenters. The number of hydrogen-bond acceptors (Lipinski definition) is 5. The largest absolute Gasteiger partial charge is 0.493 e. The third kappa shape index (κ3) is 1.65. The summed E-state index contributed by atoms with van der Waals surface area (Å²) in [5, 5.41) is 24.2. The van der Waals surface area contributed by atoms with Crippen molar-refractivity contribution >= 4 is 0 Å². The fraction of sp³-hybridized carbons (Fsp3) is 0.444. The van der Waals surface area contributed by atoms with E-state index in [9.17, 15) is 5.11 Å². The Kier molecular flexibility index (Phi) is 2.86. The molecule has 2 N–H and O–H groups in total. The second-order valence-electron chi connectivity index (χ2n) is 3.21. The summed E-state index contributed by atoms with van der Waals surface area (Å²) in [4.78, 5) is 0. The molecule has 0 aliphatic heterocycles. The first-order valence-corrected chi connectivity index (χ1v) is 4.91. The minimum absolute atomic E-state index is 0.438. The molecule has 2 heterocycles. The van der Waals surface area contributed by atoms with Gasteiger partial charge in [0.2, 0.25) is 0 Å². The number of methoxy groups -OCH3 is 1. The number of H-pyrrole nitrogens is 1. The van der Waals surface area contributed by atoms with E-state index in [0.29, 0.717) is 23.7 Å². The number of aryl methyl sites for hydroxylation is 1. The summed E-state index contributed by atoms with van der Waals surface area (Å²) < 4.78 is 6.81. The molecule has 86 valence electrons. The summed E-state index contributed by atoms with van der Waals surface area (Å²) in [6, 6.07) is 0. The van der Waals surface area contributed by atoms with Crippen molar-refractivity contribution < 1.29 is 9.84 Å². The monoisotopic (exact) mass is 223 g/mol. The highest BCUT2D eigenvalue weighted by atomic mass is 16.5. The average Bonchev–Trinajstić information content (AvgIpc) is 2.96. The molecule has 0 radical (unpaired) electrons. The molecule has 16 heavy (non-hydrogen) atoms. The first-order chi connectivity index (χ1) is 7.77. The Labute approximate surface area is 92.0 Å². The molecule has 7 heteroatoms. The Balaban J connectivity index is 2.41. The van der Waals surface area contributed by atoms with Gasteiger partial charge in [-0.2, -0.15) is 20.5 Å². The van der Waals surface area contributed by atoms with E-state index >= 15 is 0 Å². The first kappa shape index (κ1) is 10.6. The van der Waals surface area contributed by atoms with Gasteiger partial charge in [-0.25, -0.2) is 0 Å². The fourth-order valence-electron chi connectivity index (χ4n) is 1.55. The highest BCUT2D eigenvalue weighted by molar-refractivity contribution is 5.31. The SMILES string of the molecule is CCn1ncc(OC)c1C(O)c1cn[nH]n1. The zero-order valence-electron chi connectivity index (χ0n) is 9.08. The van der Waals surface area contributed by atoms with Crippen LogP contribution in [0.15, 0.2) is 12.4 Å². The van der Waals surface area contributed by atoms with E-state index in [2.05, 4.69) is 20.5 Å². The van der Waals surface area contributed by atoms with Gasteiger partial charge in [0.05, 0.1) is 19.5 Å². The van der Waals surface area contributed by atoms with Gasteiger partial charge in [0.1, 0.15) is 17.5 Å². The van der Waals surface area contributed by atoms with Gasteiger partial charge in [-0.3, -0.25) is 4.68 Å². The molecular weight excluding hydrogens is 210 g/mol. The first-order valence-electron chi connectivity index (χ1n) is 4.91. The predicted molar refractivity (Wildman–Crippen MR) is 54.9 cm³/mol. The molecule has 0 amide bonds. The number of aliphatic hydroxyl groups is 1. The van der Waals surface area contributed by atoms with Crippen LogP contribution in [0.3, 0.4) is 0 Å². The third-order valence-corrected chi connectivity index (χ3v) is 2.34. The maximum atomic E-state index is 10.1. The topological polar surface area (TPSA) is 88.9 Å². The molecule has 0 bridgehead atoms. The summed E-state index contributed by atoms with van der Waals surface area (Å²) >= 11 is 0. The number of rotatable bonds is 4. The lowest BCUT2D eigenvalue weighted by Crippen LogP contribution is -2.10. The summed E-state index contributed by atoms with van der Waals surface area (Å²) in [5.74, 6) is 0.539. The van der Waals surface area contributed by atoms with Crippen LogP contribution in [0.4, 0.5) is 0 Å². The number of nitrogens with one attached hydrogen (secondary N) is 1. The van der Waals surface area contributed by atoms with Crippen LogP contribution in [0.25, 0.3) is 0 Å². The van der Waals surface area contributed by atoms with E-state index in [-0.39, 0.29) is 0 Å². The lowest BCUT2D eigenvalue weighted by molar-refractivity contribution is 0.198. The lowest BCUT2D eigenvalue weighted by atomic mass is 10.2. The quantitative estimate of drug-likeness (QED) is 0.768. The molecule has 0 saturated carbocycles.